The number of aromatic nitrogens is 1. The number of rotatable bonds is 3. The van der Waals surface area contributed by atoms with Gasteiger partial charge in [0.2, 0.25) is 5.91 Å². The predicted octanol–water partition coefficient (Wildman–Crippen LogP) is 1.40. The first-order valence-corrected chi connectivity index (χ1v) is 5.56. The number of likely N-dealkylation sites (tertiary alicyclic amines) is 1. The van der Waals surface area contributed by atoms with Gasteiger partial charge in [0.15, 0.2) is 0 Å². The molecule has 1 atom stereocenters. The molecule has 1 amide bonds. The summed E-state index contributed by atoms with van der Waals surface area (Å²) in [5, 5.41) is 8.85. The van der Waals surface area contributed by atoms with Crippen molar-refractivity contribution in [3.8, 4) is 0 Å². The summed E-state index contributed by atoms with van der Waals surface area (Å²) in [7, 11) is 0. The summed E-state index contributed by atoms with van der Waals surface area (Å²) in [5.74, 6) is -1.25. The summed E-state index contributed by atoms with van der Waals surface area (Å²) in [4.78, 5) is 28.2. The fourth-order valence-corrected chi connectivity index (χ4v) is 1.98. The largest absolute Gasteiger partial charge is 0.481 e. The molecule has 0 bridgehead atoms. The van der Waals surface area contributed by atoms with E-state index in [4.69, 9.17) is 5.11 Å². The lowest BCUT2D eigenvalue weighted by atomic mass is 10.1. The summed E-state index contributed by atoms with van der Waals surface area (Å²) in [6.45, 7) is 0.866. The van der Waals surface area contributed by atoms with Crippen LogP contribution in [0, 0.1) is 5.92 Å². The van der Waals surface area contributed by atoms with E-state index in [-0.39, 0.29) is 30.7 Å². The van der Waals surface area contributed by atoms with Gasteiger partial charge in [0.1, 0.15) is 0 Å². The van der Waals surface area contributed by atoms with Gasteiger partial charge < -0.3 is 10.0 Å². The minimum atomic E-state index is -0.818. The lowest BCUT2D eigenvalue weighted by Crippen LogP contribution is -2.31. The van der Waals surface area contributed by atoms with Gasteiger partial charge in [-0.1, -0.05) is 6.07 Å². The quantitative estimate of drug-likeness (QED) is 0.916. The van der Waals surface area contributed by atoms with E-state index in [2.05, 4.69) is 4.98 Å². The van der Waals surface area contributed by atoms with Gasteiger partial charge >= 0.3 is 5.97 Å². The Bertz CT molecular complexity index is 428. The normalized spacial score (nSPS) is 17.3. The number of carboxylic acid groups (broad SMARTS) is 1. The lowest BCUT2D eigenvalue weighted by molar-refractivity contribution is -0.141. The Morgan fingerprint density at radius 1 is 1.42 bits per heavy atom. The molecule has 1 unspecified atom stereocenters. The highest BCUT2D eigenvalue weighted by molar-refractivity contribution is 5.85. The van der Waals surface area contributed by atoms with Crippen LogP contribution in [-0.4, -0.2) is 40.0 Å². The van der Waals surface area contributed by atoms with Gasteiger partial charge in [0.05, 0.1) is 12.3 Å². The van der Waals surface area contributed by atoms with Crippen molar-refractivity contribution in [3.63, 3.8) is 0 Å². The van der Waals surface area contributed by atoms with Gasteiger partial charge in [-0.2, -0.15) is 0 Å². The molecule has 1 aromatic rings. The number of aliphatic carboxylic acids is 1. The topological polar surface area (TPSA) is 70.5 Å². The van der Waals surface area contributed by atoms with Gasteiger partial charge in [-0.05, 0) is 18.1 Å². The Balaban J connectivity index is 0.00000162. The van der Waals surface area contributed by atoms with E-state index in [0.29, 0.717) is 25.9 Å². The minimum absolute atomic E-state index is 0. The fourth-order valence-electron chi connectivity index (χ4n) is 1.98. The number of nitrogens with zero attached hydrogens (tertiary/aromatic N) is 2. The van der Waals surface area contributed by atoms with Crippen molar-refractivity contribution in [1.82, 2.24) is 9.88 Å². The number of hydrogen-bond acceptors (Lipinski definition) is 3. The third kappa shape index (κ3) is 4.69. The molecule has 2 rings (SSSR count). The molecule has 1 aliphatic rings. The van der Waals surface area contributed by atoms with Crippen molar-refractivity contribution in [3.05, 3.63) is 30.1 Å². The number of carbonyl (C=O) groups excluding carboxylic acids is 1. The Kier molecular flexibility index (Phi) is 7.41. The zero-order valence-corrected chi connectivity index (χ0v) is 11.8. The molecule has 2 heterocycles. The SMILES string of the molecule is Cl.Cl.O=C(O)C1CCN(C(=O)Cc2cccnc2)C1. The molecule has 0 spiro atoms. The summed E-state index contributed by atoms with van der Waals surface area (Å²) in [5.41, 5.74) is 0.858. The van der Waals surface area contributed by atoms with E-state index in [1.165, 1.54) is 0 Å². The van der Waals surface area contributed by atoms with Gasteiger partial charge in [0, 0.05) is 25.5 Å². The van der Waals surface area contributed by atoms with E-state index in [1.54, 1.807) is 23.4 Å². The van der Waals surface area contributed by atoms with Gasteiger partial charge in [0.25, 0.3) is 0 Å². The van der Waals surface area contributed by atoms with Crippen molar-refractivity contribution in [1.29, 1.82) is 0 Å². The molecular weight excluding hydrogens is 291 g/mol. The Hall–Kier alpha value is -1.33. The van der Waals surface area contributed by atoms with E-state index in [9.17, 15) is 9.59 Å². The maximum Gasteiger partial charge on any atom is 0.308 e. The first kappa shape index (κ1) is 17.7. The van der Waals surface area contributed by atoms with Crippen LogP contribution in [-0.2, 0) is 16.0 Å². The molecular formula is C12H16Cl2N2O3. The highest BCUT2D eigenvalue weighted by Crippen LogP contribution is 2.17. The van der Waals surface area contributed by atoms with Crippen LogP contribution in [0.15, 0.2) is 24.5 Å². The molecule has 7 heteroatoms. The van der Waals surface area contributed by atoms with Crippen molar-refractivity contribution in [2.75, 3.05) is 13.1 Å². The molecule has 1 N–H and O–H groups in total. The number of amides is 1. The first-order valence-electron chi connectivity index (χ1n) is 5.56. The third-order valence-electron chi connectivity index (χ3n) is 2.97. The van der Waals surface area contributed by atoms with Crippen molar-refractivity contribution >= 4 is 36.7 Å². The maximum atomic E-state index is 11.9. The average molecular weight is 307 g/mol. The second-order valence-electron chi connectivity index (χ2n) is 4.20. The van der Waals surface area contributed by atoms with Crippen LogP contribution in [0.3, 0.4) is 0 Å². The summed E-state index contributed by atoms with van der Waals surface area (Å²) >= 11 is 0. The zero-order chi connectivity index (χ0) is 12.3. The Labute approximate surface area is 123 Å². The smallest absolute Gasteiger partial charge is 0.308 e. The lowest BCUT2D eigenvalue weighted by Gasteiger charge is -2.15. The van der Waals surface area contributed by atoms with Crippen LogP contribution in [0.4, 0.5) is 0 Å². The number of pyridine rings is 1. The third-order valence-corrected chi connectivity index (χ3v) is 2.97. The van der Waals surface area contributed by atoms with Gasteiger partial charge in [-0.15, -0.1) is 24.8 Å². The van der Waals surface area contributed by atoms with E-state index in [0.717, 1.165) is 5.56 Å². The van der Waals surface area contributed by atoms with Crippen LogP contribution in [0.25, 0.3) is 0 Å². The summed E-state index contributed by atoms with van der Waals surface area (Å²) < 4.78 is 0. The second-order valence-corrected chi connectivity index (χ2v) is 4.20. The number of hydrogen-bond donors (Lipinski definition) is 1. The van der Waals surface area contributed by atoms with Gasteiger partial charge in [-0.25, -0.2) is 0 Å². The highest BCUT2D eigenvalue weighted by Gasteiger charge is 2.30. The molecule has 1 fully saturated rings. The second kappa shape index (κ2) is 7.96. The van der Waals surface area contributed by atoms with Crippen LogP contribution >= 0.6 is 24.8 Å². The minimum Gasteiger partial charge on any atom is -0.481 e. The van der Waals surface area contributed by atoms with Crippen LogP contribution in [0.2, 0.25) is 0 Å². The van der Waals surface area contributed by atoms with Crippen LogP contribution in [0.5, 0.6) is 0 Å². The fraction of sp³-hybridized carbons (Fsp3) is 0.417. The summed E-state index contributed by atoms with van der Waals surface area (Å²) in [6.07, 6.45) is 4.15. The average Bonchev–Trinajstić information content (AvgIpc) is 2.79. The molecule has 1 aliphatic heterocycles. The first-order chi connectivity index (χ1) is 8.16. The van der Waals surface area contributed by atoms with E-state index in [1.807, 2.05) is 6.07 Å². The molecule has 106 valence electrons. The van der Waals surface area contributed by atoms with Crippen LogP contribution < -0.4 is 0 Å². The maximum absolute atomic E-state index is 11.9. The molecule has 1 aromatic heterocycles. The number of carbonyl (C=O) groups is 2. The predicted molar refractivity (Wildman–Crippen MR) is 74.8 cm³/mol. The Morgan fingerprint density at radius 3 is 2.68 bits per heavy atom. The zero-order valence-electron chi connectivity index (χ0n) is 10.2. The summed E-state index contributed by atoms with van der Waals surface area (Å²) in [6, 6.07) is 3.63. The van der Waals surface area contributed by atoms with Crippen LogP contribution in [0.1, 0.15) is 12.0 Å². The standard InChI is InChI=1S/C12H14N2O3.2ClH/c15-11(6-9-2-1-4-13-7-9)14-5-3-10(8-14)12(16)17;;/h1-2,4,7,10H,3,5-6,8H2,(H,16,17);2*1H. The van der Waals surface area contributed by atoms with Crippen molar-refractivity contribution < 1.29 is 14.7 Å². The number of carboxylic acids is 1. The molecule has 1 saturated heterocycles. The molecule has 0 aliphatic carbocycles. The van der Waals surface area contributed by atoms with Crippen molar-refractivity contribution in [2.45, 2.75) is 12.8 Å². The van der Waals surface area contributed by atoms with Gasteiger partial charge in [-0.3, -0.25) is 14.6 Å². The monoisotopic (exact) mass is 306 g/mol. The molecule has 0 radical (unpaired) electrons. The number of halogens is 2. The van der Waals surface area contributed by atoms with E-state index < -0.39 is 11.9 Å². The Morgan fingerprint density at radius 2 is 2.16 bits per heavy atom. The molecule has 19 heavy (non-hydrogen) atoms. The molecule has 0 saturated carbocycles. The molecule has 5 nitrogen and oxygen atoms in total. The molecule has 0 aromatic carbocycles. The van der Waals surface area contributed by atoms with Crippen molar-refractivity contribution in [2.24, 2.45) is 5.92 Å². The van der Waals surface area contributed by atoms with E-state index >= 15 is 0 Å². The highest BCUT2D eigenvalue weighted by atomic mass is 35.5.